The van der Waals surface area contributed by atoms with Crippen molar-refractivity contribution in [2.45, 2.75) is 38.4 Å². The van der Waals surface area contributed by atoms with E-state index in [1.807, 2.05) is 61.7 Å². The first-order valence-corrected chi connectivity index (χ1v) is 10.9. The average Bonchev–Trinajstić information content (AvgIpc) is 2.74. The molecule has 0 fully saturated rings. The summed E-state index contributed by atoms with van der Waals surface area (Å²) in [5.74, 6) is 1.31. The number of ether oxygens (including phenoxy) is 1. The number of amides is 1. The van der Waals surface area contributed by atoms with Gasteiger partial charge in [-0.15, -0.1) is 0 Å². The summed E-state index contributed by atoms with van der Waals surface area (Å²) >= 11 is 1.38. The Bertz CT molecular complexity index is 1080. The highest BCUT2D eigenvalue weighted by Crippen LogP contribution is 2.25. The van der Waals surface area contributed by atoms with Gasteiger partial charge in [-0.1, -0.05) is 47.7 Å². The quantitative estimate of drug-likeness (QED) is 0.420. The molecule has 3 aromatic rings. The van der Waals surface area contributed by atoms with Crippen molar-refractivity contribution in [3.05, 3.63) is 81.3 Å². The van der Waals surface area contributed by atoms with Crippen LogP contribution in [0.5, 0.6) is 11.5 Å². The number of aromatic amines is 1. The SMILES string of the molecule is CSc1nc(C)c(CCC(=O)NCc2ccccc2Oc2ccc(C)cc2)c(=O)[nH]1. The van der Waals surface area contributed by atoms with Crippen LogP contribution in [-0.4, -0.2) is 22.1 Å². The molecule has 1 aromatic heterocycles. The molecule has 7 heteroatoms. The monoisotopic (exact) mass is 423 g/mol. The van der Waals surface area contributed by atoms with Gasteiger partial charge >= 0.3 is 0 Å². The lowest BCUT2D eigenvalue weighted by atomic mass is 10.1. The molecule has 1 amide bonds. The lowest BCUT2D eigenvalue weighted by Crippen LogP contribution is -2.25. The van der Waals surface area contributed by atoms with Crippen molar-refractivity contribution in [3.63, 3.8) is 0 Å². The average molecular weight is 424 g/mol. The number of aromatic nitrogens is 2. The fourth-order valence-corrected chi connectivity index (χ4v) is 3.40. The Balaban J connectivity index is 1.59. The van der Waals surface area contributed by atoms with Crippen molar-refractivity contribution in [1.29, 1.82) is 0 Å². The minimum atomic E-state index is -0.184. The highest BCUT2D eigenvalue weighted by molar-refractivity contribution is 7.98. The van der Waals surface area contributed by atoms with Crippen LogP contribution < -0.4 is 15.6 Å². The van der Waals surface area contributed by atoms with Gasteiger partial charge < -0.3 is 15.0 Å². The van der Waals surface area contributed by atoms with Gasteiger partial charge in [0.25, 0.3) is 5.56 Å². The van der Waals surface area contributed by atoms with Crippen molar-refractivity contribution in [2.24, 2.45) is 0 Å². The fraction of sp³-hybridized carbons (Fsp3) is 0.261. The van der Waals surface area contributed by atoms with Gasteiger partial charge in [-0.2, -0.15) is 0 Å². The first-order chi connectivity index (χ1) is 14.5. The molecule has 0 radical (unpaired) electrons. The molecule has 0 spiro atoms. The van der Waals surface area contributed by atoms with E-state index in [1.165, 1.54) is 11.8 Å². The van der Waals surface area contributed by atoms with E-state index in [0.717, 1.165) is 16.9 Å². The van der Waals surface area contributed by atoms with Crippen molar-refractivity contribution in [1.82, 2.24) is 15.3 Å². The third kappa shape index (κ3) is 5.73. The molecule has 0 bridgehead atoms. The molecule has 30 heavy (non-hydrogen) atoms. The minimum absolute atomic E-state index is 0.132. The second kappa shape index (κ2) is 10.1. The van der Waals surface area contributed by atoms with Crippen LogP contribution >= 0.6 is 11.8 Å². The van der Waals surface area contributed by atoms with E-state index < -0.39 is 0 Å². The molecule has 0 unspecified atom stereocenters. The molecule has 1 heterocycles. The molecule has 0 aliphatic rings. The molecule has 0 saturated carbocycles. The van der Waals surface area contributed by atoms with E-state index in [4.69, 9.17) is 4.74 Å². The van der Waals surface area contributed by atoms with E-state index in [-0.39, 0.29) is 17.9 Å². The summed E-state index contributed by atoms with van der Waals surface area (Å²) < 4.78 is 5.97. The fourth-order valence-electron chi connectivity index (χ4n) is 2.98. The number of para-hydroxylation sites is 1. The number of rotatable bonds is 8. The molecular weight excluding hydrogens is 398 g/mol. The van der Waals surface area contributed by atoms with E-state index in [2.05, 4.69) is 15.3 Å². The number of hydrogen-bond acceptors (Lipinski definition) is 5. The third-order valence-electron chi connectivity index (χ3n) is 4.69. The molecule has 3 rings (SSSR count). The summed E-state index contributed by atoms with van der Waals surface area (Å²) in [6.45, 7) is 4.16. The van der Waals surface area contributed by atoms with Gasteiger partial charge in [-0.25, -0.2) is 4.98 Å². The van der Waals surface area contributed by atoms with Gasteiger partial charge in [0.15, 0.2) is 5.16 Å². The van der Waals surface area contributed by atoms with Crippen molar-refractivity contribution < 1.29 is 9.53 Å². The van der Waals surface area contributed by atoms with Crippen LogP contribution in [0.3, 0.4) is 0 Å². The molecule has 2 aromatic carbocycles. The summed E-state index contributed by atoms with van der Waals surface area (Å²) in [6.07, 6.45) is 2.41. The number of hydrogen-bond donors (Lipinski definition) is 2. The number of thioether (sulfide) groups is 1. The maximum Gasteiger partial charge on any atom is 0.254 e. The Morgan fingerprint density at radius 1 is 1.13 bits per heavy atom. The zero-order chi connectivity index (χ0) is 21.5. The number of nitrogens with one attached hydrogen (secondary N) is 2. The summed E-state index contributed by atoms with van der Waals surface area (Å²) in [5.41, 5.74) is 3.07. The maximum absolute atomic E-state index is 12.4. The maximum atomic E-state index is 12.4. The lowest BCUT2D eigenvalue weighted by Gasteiger charge is -2.12. The zero-order valence-corrected chi connectivity index (χ0v) is 18.1. The largest absolute Gasteiger partial charge is 0.457 e. The molecule has 2 N–H and O–H groups in total. The Morgan fingerprint density at radius 2 is 1.87 bits per heavy atom. The summed E-state index contributed by atoms with van der Waals surface area (Å²) in [7, 11) is 0. The zero-order valence-electron chi connectivity index (χ0n) is 17.3. The normalized spacial score (nSPS) is 10.6. The molecule has 156 valence electrons. The Morgan fingerprint density at radius 3 is 2.57 bits per heavy atom. The van der Waals surface area contributed by atoms with Gasteiger partial charge in [0, 0.05) is 29.8 Å². The molecule has 0 aliphatic carbocycles. The van der Waals surface area contributed by atoms with Crippen LogP contribution in [0.1, 0.15) is 28.8 Å². The number of benzene rings is 2. The smallest absolute Gasteiger partial charge is 0.254 e. The standard InChI is InChI=1S/C23H25N3O3S/c1-15-8-10-18(11-9-15)29-20-7-5-4-6-17(20)14-24-21(27)13-12-19-16(2)25-23(30-3)26-22(19)28/h4-11H,12-14H2,1-3H3,(H,24,27)(H,25,26,28). The number of nitrogens with zero attached hydrogens (tertiary/aromatic N) is 1. The van der Waals surface area contributed by atoms with Crippen molar-refractivity contribution in [2.75, 3.05) is 6.26 Å². The number of carbonyl (C=O) groups is 1. The van der Waals surface area contributed by atoms with Gasteiger partial charge in [0.05, 0.1) is 0 Å². The van der Waals surface area contributed by atoms with Gasteiger partial charge in [0.2, 0.25) is 5.91 Å². The van der Waals surface area contributed by atoms with Crippen molar-refractivity contribution >= 4 is 17.7 Å². The molecular formula is C23H25N3O3S. The number of H-pyrrole nitrogens is 1. The number of carbonyl (C=O) groups excluding carboxylic acids is 1. The first-order valence-electron chi connectivity index (χ1n) is 9.69. The van der Waals surface area contributed by atoms with Crippen LogP contribution in [0, 0.1) is 13.8 Å². The van der Waals surface area contributed by atoms with Crippen LogP contribution in [-0.2, 0) is 17.8 Å². The van der Waals surface area contributed by atoms with E-state index in [0.29, 0.717) is 35.1 Å². The van der Waals surface area contributed by atoms with E-state index in [9.17, 15) is 9.59 Å². The highest BCUT2D eigenvalue weighted by atomic mass is 32.2. The molecule has 0 atom stereocenters. The Labute approximate surface area is 180 Å². The molecule has 0 saturated heterocycles. The van der Waals surface area contributed by atoms with E-state index in [1.54, 1.807) is 6.92 Å². The Hall–Kier alpha value is -3.06. The van der Waals surface area contributed by atoms with Crippen LogP contribution in [0.4, 0.5) is 0 Å². The van der Waals surface area contributed by atoms with Gasteiger partial charge in [-0.3, -0.25) is 9.59 Å². The minimum Gasteiger partial charge on any atom is -0.457 e. The molecule has 6 nitrogen and oxygen atoms in total. The highest BCUT2D eigenvalue weighted by Gasteiger charge is 2.11. The topological polar surface area (TPSA) is 84.1 Å². The summed E-state index contributed by atoms with van der Waals surface area (Å²) in [4.78, 5) is 31.6. The van der Waals surface area contributed by atoms with Crippen LogP contribution in [0.25, 0.3) is 0 Å². The molecule has 0 aliphatic heterocycles. The third-order valence-corrected chi connectivity index (χ3v) is 5.27. The van der Waals surface area contributed by atoms with Gasteiger partial charge in [-0.05, 0) is 44.7 Å². The summed E-state index contributed by atoms with van der Waals surface area (Å²) in [5, 5.41) is 3.49. The second-order valence-corrected chi connectivity index (χ2v) is 7.73. The second-order valence-electron chi connectivity index (χ2n) is 6.94. The number of aryl methyl sites for hydroxylation is 2. The van der Waals surface area contributed by atoms with Crippen LogP contribution in [0.2, 0.25) is 0 Å². The Kier molecular flexibility index (Phi) is 7.30. The van der Waals surface area contributed by atoms with Crippen molar-refractivity contribution in [3.8, 4) is 11.5 Å². The predicted octanol–water partition coefficient (Wildman–Crippen LogP) is 4.15. The van der Waals surface area contributed by atoms with E-state index >= 15 is 0 Å². The van der Waals surface area contributed by atoms with Gasteiger partial charge in [0.1, 0.15) is 11.5 Å². The predicted molar refractivity (Wildman–Crippen MR) is 119 cm³/mol. The lowest BCUT2D eigenvalue weighted by molar-refractivity contribution is -0.121. The summed E-state index contributed by atoms with van der Waals surface area (Å²) in [6, 6.07) is 15.4. The van der Waals surface area contributed by atoms with Crippen LogP contribution in [0.15, 0.2) is 58.5 Å². The first kappa shape index (κ1) is 21.6.